The molecule has 1 spiro atoms. The van der Waals surface area contributed by atoms with E-state index in [2.05, 4.69) is 0 Å². The van der Waals surface area contributed by atoms with E-state index in [-0.39, 0.29) is 17.2 Å². The minimum Gasteiger partial charge on any atom is -0.478 e. The zero-order chi connectivity index (χ0) is 14.6. The first-order valence-corrected chi connectivity index (χ1v) is 7.65. The van der Waals surface area contributed by atoms with Gasteiger partial charge in [-0.15, -0.1) is 0 Å². The molecule has 4 nitrogen and oxygen atoms in total. The number of carbonyl (C=O) groups excluding carboxylic acids is 1. The normalized spacial score (nSPS) is 35.9. The van der Waals surface area contributed by atoms with Gasteiger partial charge >= 0.3 is 11.9 Å². The summed E-state index contributed by atoms with van der Waals surface area (Å²) in [5.74, 6) is -0.337. The summed E-state index contributed by atoms with van der Waals surface area (Å²) in [6.07, 6.45) is 5.92. The van der Waals surface area contributed by atoms with Gasteiger partial charge in [-0.1, -0.05) is 12.1 Å². The van der Waals surface area contributed by atoms with E-state index in [1.165, 1.54) is 31.4 Å². The molecule has 0 bridgehead atoms. The van der Waals surface area contributed by atoms with Crippen LogP contribution < -0.4 is 0 Å². The number of ether oxygens (including phenoxy) is 1. The molecule has 4 heteroatoms. The number of hydrogen-bond acceptors (Lipinski definition) is 3. The molecule has 0 aromatic heterocycles. The van der Waals surface area contributed by atoms with Gasteiger partial charge in [0.25, 0.3) is 0 Å². The topological polar surface area (TPSA) is 63.6 Å². The molecule has 1 N–H and O–H groups in total. The van der Waals surface area contributed by atoms with Gasteiger partial charge in [-0.05, 0) is 55.6 Å². The average molecular weight is 286 g/mol. The Kier molecular flexibility index (Phi) is 2.65. The van der Waals surface area contributed by atoms with E-state index in [9.17, 15) is 9.59 Å². The number of benzene rings is 1. The van der Waals surface area contributed by atoms with Crippen molar-refractivity contribution in [2.45, 2.75) is 38.2 Å². The molecule has 3 saturated carbocycles. The fraction of sp³-hybridized carbons (Fsp3) is 0.529. The zero-order valence-corrected chi connectivity index (χ0v) is 11.7. The van der Waals surface area contributed by atoms with E-state index < -0.39 is 11.9 Å². The molecule has 0 saturated heterocycles. The van der Waals surface area contributed by atoms with Crippen LogP contribution in [0.2, 0.25) is 0 Å². The van der Waals surface area contributed by atoms with Crippen LogP contribution >= 0.6 is 0 Å². The number of rotatable bonds is 3. The largest absolute Gasteiger partial charge is 0.478 e. The van der Waals surface area contributed by atoms with Crippen molar-refractivity contribution in [2.24, 2.45) is 17.3 Å². The maximum Gasteiger partial charge on any atom is 0.339 e. The Balaban J connectivity index is 1.53. The second-order valence-electron chi connectivity index (χ2n) is 6.64. The summed E-state index contributed by atoms with van der Waals surface area (Å²) in [5.41, 5.74) is 0.654. The molecule has 21 heavy (non-hydrogen) atoms. The highest BCUT2D eigenvalue weighted by Gasteiger charge is 2.65. The van der Waals surface area contributed by atoms with Crippen molar-refractivity contribution in [1.82, 2.24) is 0 Å². The summed E-state index contributed by atoms with van der Waals surface area (Å²) < 4.78 is 5.70. The Labute approximate surface area is 123 Å². The van der Waals surface area contributed by atoms with Crippen molar-refractivity contribution >= 4 is 11.9 Å². The third-order valence-corrected chi connectivity index (χ3v) is 6.03. The van der Waals surface area contributed by atoms with Crippen LogP contribution in [0.4, 0.5) is 0 Å². The molecule has 4 atom stereocenters. The summed E-state index contributed by atoms with van der Waals surface area (Å²) in [5, 5.41) is 9.17. The first kappa shape index (κ1) is 12.9. The summed E-state index contributed by atoms with van der Waals surface area (Å²) in [4.78, 5) is 23.5. The predicted octanol–water partition coefficient (Wildman–Crippen LogP) is 3.12. The molecule has 0 heterocycles. The second kappa shape index (κ2) is 4.33. The first-order valence-electron chi connectivity index (χ1n) is 7.65. The number of carboxylic acids is 1. The van der Waals surface area contributed by atoms with E-state index >= 15 is 0 Å². The van der Waals surface area contributed by atoms with Crippen molar-refractivity contribution in [1.29, 1.82) is 0 Å². The van der Waals surface area contributed by atoms with Gasteiger partial charge in [-0.25, -0.2) is 9.59 Å². The third-order valence-electron chi connectivity index (χ3n) is 6.03. The van der Waals surface area contributed by atoms with Crippen LogP contribution in [0.5, 0.6) is 0 Å². The van der Waals surface area contributed by atoms with Gasteiger partial charge in [-0.3, -0.25) is 0 Å². The van der Waals surface area contributed by atoms with Crippen LogP contribution in [0, 0.1) is 17.3 Å². The molecule has 1 aromatic rings. The highest BCUT2D eigenvalue weighted by atomic mass is 16.5. The van der Waals surface area contributed by atoms with Crippen molar-refractivity contribution in [3.8, 4) is 0 Å². The summed E-state index contributed by atoms with van der Waals surface area (Å²) >= 11 is 0. The average Bonchev–Trinajstić information content (AvgIpc) is 2.54. The molecule has 1 aromatic carbocycles. The minimum atomic E-state index is -1.09. The van der Waals surface area contributed by atoms with E-state index in [1.54, 1.807) is 12.1 Å². The van der Waals surface area contributed by atoms with E-state index in [4.69, 9.17) is 9.84 Å². The van der Waals surface area contributed by atoms with E-state index in [1.807, 2.05) is 0 Å². The number of carbonyl (C=O) groups is 2. The standard InChI is InChI=1S/C17H18O4/c18-15(19)11-3-1-2-4-12(11)16(20)21-14-9-10-5-7-17(10)8-6-13(14)17/h1-4,10,13-14H,5-9H2,(H,18,19)/t10-,13-,14+,17+/m1/s1. The third kappa shape index (κ3) is 1.68. The number of esters is 1. The smallest absolute Gasteiger partial charge is 0.339 e. The van der Waals surface area contributed by atoms with Gasteiger partial charge in [0.15, 0.2) is 0 Å². The maximum absolute atomic E-state index is 12.3. The summed E-state index contributed by atoms with van der Waals surface area (Å²) in [6, 6.07) is 6.27. The molecular weight excluding hydrogens is 268 g/mol. The van der Waals surface area contributed by atoms with Gasteiger partial charge in [0.05, 0.1) is 11.1 Å². The molecule has 0 unspecified atom stereocenters. The Morgan fingerprint density at radius 3 is 2.38 bits per heavy atom. The number of aromatic carboxylic acids is 1. The quantitative estimate of drug-likeness (QED) is 0.867. The SMILES string of the molecule is O=C(O)c1ccccc1C(=O)O[C@H]1C[C@H]2CC[C@]23CC[C@H]13. The van der Waals surface area contributed by atoms with Crippen LogP contribution in [0.15, 0.2) is 24.3 Å². The molecule has 3 aliphatic rings. The zero-order valence-electron chi connectivity index (χ0n) is 11.7. The van der Waals surface area contributed by atoms with Crippen LogP contribution in [-0.2, 0) is 4.74 Å². The fourth-order valence-electron chi connectivity index (χ4n) is 4.75. The van der Waals surface area contributed by atoms with Crippen LogP contribution in [0.25, 0.3) is 0 Å². The van der Waals surface area contributed by atoms with Crippen molar-refractivity contribution in [3.05, 3.63) is 35.4 Å². The van der Waals surface area contributed by atoms with Gasteiger partial charge in [-0.2, -0.15) is 0 Å². The lowest BCUT2D eigenvalue weighted by atomic mass is 9.48. The fourth-order valence-corrected chi connectivity index (χ4v) is 4.75. The van der Waals surface area contributed by atoms with Gasteiger partial charge in [0.1, 0.15) is 6.10 Å². The van der Waals surface area contributed by atoms with E-state index in [0.29, 0.717) is 11.3 Å². The molecule has 3 fully saturated rings. The summed E-state index contributed by atoms with van der Waals surface area (Å²) in [7, 11) is 0. The minimum absolute atomic E-state index is 0.0133. The van der Waals surface area contributed by atoms with Crippen LogP contribution in [-0.4, -0.2) is 23.1 Å². The lowest BCUT2D eigenvalue weighted by Crippen LogP contribution is -2.49. The van der Waals surface area contributed by atoms with Crippen molar-refractivity contribution < 1.29 is 19.4 Å². The molecule has 0 radical (unpaired) electrons. The van der Waals surface area contributed by atoms with Crippen LogP contribution in [0.1, 0.15) is 52.8 Å². The monoisotopic (exact) mass is 286 g/mol. The Morgan fingerprint density at radius 2 is 1.86 bits per heavy atom. The van der Waals surface area contributed by atoms with Gasteiger partial charge in [0, 0.05) is 5.92 Å². The maximum atomic E-state index is 12.3. The van der Waals surface area contributed by atoms with Gasteiger partial charge < -0.3 is 9.84 Å². The van der Waals surface area contributed by atoms with Gasteiger partial charge in [0.2, 0.25) is 0 Å². The molecule has 3 aliphatic carbocycles. The van der Waals surface area contributed by atoms with Crippen molar-refractivity contribution in [3.63, 3.8) is 0 Å². The van der Waals surface area contributed by atoms with E-state index in [0.717, 1.165) is 18.8 Å². The lowest BCUT2D eigenvalue weighted by molar-refractivity contribution is -0.0874. The predicted molar refractivity (Wildman–Crippen MR) is 75.1 cm³/mol. The Morgan fingerprint density at radius 1 is 1.14 bits per heavy atom. The highest BCUT2D eigenvalue weighted by molar-refractivity contribution is 6.02. The number of hydrogen-bond donors (Lipinski definition) is 1. The Hall–Kier alpha value is -1.84. The Bertz CT molecular complexity index is 619. The molecular formula is C17H18O4. The lowest BCUT2D eigenvalue weighted by Gasteiger charge is -2.56. The highest BCUT2D eigenvalue weighted by Crippen LogP contribution is 2.70. The molecule has 0 amide bonds. The number of carboxylic acid groups (broad SMARTS) is 1. The molecule has 0 aliphatic heterocycles. The summed E-state index contributed by atoms with van der Waals surface area (Å²) in [6.45, 7) is 0. The molecule has 110 valence electrons. The van der Waals surface area contributed by atoms with Crippen molar-refractivity contribution in [2.75, 3.05) is 0 Å². The molecule has 4 rings (SSSR count). The first-order chi connectivity index (χ1) is 10.1. The van der Waals surface area contributed by atoms with Crippen LogP contribution in [0.3, 0.4) is 0 Å². The second-order valence-corrected chi connectivity index (χ2v) is 6.64.